The van der Waals surface area contributed by atoms with Gasteiger partial charge in [-0.2, -0.15) is 0 Å². The number of anilines is 1. The van der Waals surface area contributed by atoms with Crippen molar-refractivity contribution in [2.24, 2.45) is 0 Å². The van der Waals surface area contributed by atoms with Crippen molar-refractivity contribution in [1.29, 1.82) is 0 Å². The van der Waals surface area contributed by atoms with Crippen molar-refractivity contribution in [3.63, 3.8) is 0 Å². The number of benzene rings is 2. The molecule has 0 atom stereocenters. The van der Waals surface area contributed by atoms with E-state index in [0.717, 1.165) is 5.56 Å². The third-order valence-electron chi connectivity index (χ3n) is 4.72. The molecule has 1 saturated heterocycles. The van der Waals surface area contributed by atoms with Gasteiger partial charge in [0, 0.05) is 30.8 Å². The highest BCUT2D eigenvalue weighted by Gasteiger charge is 2.31. The Morgan fingerprint density at radius 2 is 1.97 bits per heavy atom. The summed E-state index contributed by atoms with van der Waals surface area (Å²) in [5.74, 6) is 0.851. The summed E-state index contributed by atoms with van der Waals surface area (Å²) in [5, 5.41) is 13.4. The number of ether oxygens (including phenoxy) is 2. The van der Waals surface area contributed by atoms with E-state index in [1.165, 1.54) is 40.9 Å². The third-order valence-corrected chi connectivity index (χ3v) is 6.09. The standard InChI is InChI=1S/C21H17N3O6S2/c25-19(22-14-4-6-15(7-5-14)24(27)28)2-1-9-23-20(26)18(32-21(23)31)11-13-3-8-16-17(10-13)30-12-29-16/h3-8,10-11H,1-2,9,12H2,(H,22,25). The van der Waals surface area contributed by atoms with Crippen LogP contribution in [0.1, 0.15) is 18.4 Å². The zero-order valence-corrected chi connectivity index (χ0v) is 18.2. The van der Waals surface area contributed by atoms with Crippen LogP contribution in [0.5, 0.6) is 11.5 Å². The van der Waals surface area contributed by atoms with E-state index < -0.39 is 4.92 Å². The Morgan fingerprint density at radius 3 is 2.72 bits per heavy atom. The van der Waals surface area contributed by atoms with E-state index in [2.05, 4.69) is 5.32 Å². The number of rotatable bonds is 7. The van der Waals surface area contributed by atoms with E-state index in [-0.39, 0.29) is 30.7 Å². The Hall–Kier alpha value is -3.44. The van der Waals surface area contributed by atoms with Crippen LogP contribution in [0.3, 0.4) is 0 Å². The largest absolute Gasteiger partial charge is 0.454 e. The molecule has 0 aliphatic carbocycles. The first kappa shape index (κ1) is 21.8. The molecule has 4 rings (SSSR count). The van der Waals surface area contributed by atoms with Crippen molar-refractivity contribution >= 4 is 57.6 Å². The lowest BCUT2D eigenvalue weighted by atomic mass is 10.2. The average Bonchev–Trinajstić information content (AvgIpc) is 3.33. The van der Waals surface area contributed by atoms with E-state index in [9.17, 15) is 19.7 Å². The molecule has 0 bridgehead atoms. The van der Waals surface area contributed by atoms with Gasteiger partial charge in [0.05, 0.1) is 9.83 Å². The van der Waals surface area contributed by atoms with Gasteiger partial charge in [0.1, 0.15) is 4.32 Å². The van der Waals surface area contributed by atoms with Gasteiger partial charge < -0.3 is 14.8 Å². The van der Waals surface area contributed by atoms with Crippen LogP contribution in [0.4, 0.5) is 11.4 Å². The van der Waals surface area contributed by atoms with Crippen LogP contribution in [0.2, 0.25) is 0 Å². The number of nitrogens with one attached hydrogen (secondary N) is 1. The predicted molar refractivity (Wildman–Crippen MR) is 123 cm³/mol. The molecule has 2 aliphatic heterocycles. The number of carbonyl (C=O) groups is 2. The Labute approximate surface area is 192 Å². The second-order valence-corrected chi connectivity index (χ2v) is 8.58. The van der Waals surface area contributed by atoms with Gasteiger partial charge in [0.2, 0.25) is 12.7 Å². The van der Waals surface area contributed by atoms with Gasteiger partial charge in [-0.05, 0) is 42.3 Å². The lowest BCUT2D eigenvalue weighted by Crippen LogP contribution is -2.29. The molecule has 0 saturated carbocycles. The number of nitrogens with zero attached hydrogens (tertiary/aromatic N) is 2. The molecule has 164 valence electrons. The molecular weight excluding hydrogens is 454 g/mol. The molecule has 0 aromatic heterocycles. The van der Waals surface area contributed by atoms with Crippen LogP contribution in [-0.2, 0) is 9.59 Å². The van der Waals surface area contributed by atoms with Crippen molar-refractivity contribution in [2.45, 2.75) is 12.8 Å². The molecule has 2 aromatic carbocycles. The van der Waals surface area contributed by atoms with E-state index in [4.69, 9.17) is 21.7 Å². The molecule has 2 aliphatic rings. The number of nitro benzene ring substituents is 1. The molecule has 0 unspecified atom stereocenters. The maximum atomic E-state index is 12.7. The number of thioether (sulfide) groups is 1. The summed E-state index contributed by atoms with van der Waals surface area (Å²) >= 11 is 6.55. The third kappa shape index (κ3) is 4.89. The summed E-state index contributed by atoms with van der Waals surface area (Å²) in [6.07, 6.45) is 2.35. The summed E-state index contributed by atoms with van der Waals surface area (Å²) in [7, 11) is 0. The molecule has 32 heavy (non-hydrogen) atoms. The van der Waals surface area contributed by atoms with E-state index in [1.807, 2.05) is 6.07 Å². The van der Waals surface area contributed by atoms with Crippen molar-refractivity contribution in [3.8, 4) is 11.5 Å². The molecule has 0 radical (unpaired) electrons. The predicted octanol–water partition coefficient (Wildman–Crippen LogP) is 3.94. The minimum atomic E-state index is -0.505. The molecule has 1 fully saturated rings. The first-order valence-electron chi connectivity index (χ1n) is 9.60. The Morgan fingerprint density at radius 1 is 1.22 bits per heavy atom. The number of fused-ring (bicyclic) bond motifs is 1. The van der Waals surface area contributed by atoms with E-state index in [1.54, 1.807) is 18.2 Å². The average molecular weight is 472 g/mol. The normalized spacial score (nSPS) is 16.0. The van der Waals surface area contributed by atoms with Crippen molar-refractivity contribution in [1.82, 2.24) is 4.90 Å². The van der Waals surface area contributed by atoms with Crippen LogP contribution >= 0.6 is 24.0 Å². The minimum absolute atomic E-state index is 0.0498. The molecule has 2 amide bonds. The summed E-state index contributed by atoms with van der Waals surface area (Å²) in [6.45, 7) is 0.496. The summed E-state index contributed by atoms with van der Waals surface area (Å²) < 4.78 is 11.1. The van der Waals surface area contributed by atoms with Crippen LogP contribution < -0.4 is 14.8 Å². The fourth-order valence-corrected chi connectivity index (χ4v) is 4.44. The number of nitro groups is 1. The molecule has 2 heterocycles. The van der Waals surface area contributed by atoms with Crippen LogP contribution in [0, 0.1) is 10.1 Å². The lowest BCUT2D eigenvalue weighted by Gasteiger charge is -2.14. The second-order valence-electron chi connectivity index (χ2n) is 6.90. The maximum Gasteiger partial charge on any atom is 0.269 e. The van der Waals surface area contributed by atoms with Gasteiger partial charge >= 0.3 is 0 Å². The fourth-order valence-electron chi connectivity index (χ4n) is 3.13. The van der Waals surface area contributed by atoms with E-state index >= 15 is 0 Å². The van der Waals surface area contributed by atoms with Gasteiger partial charge in [-0.25, -0.2) is 0 Å². The molecule has 11 heteroatoms. The molecule has 1 N–H and O–H groups in total. The first-order chi connectivity index (χ1) is 15.4. The smallest absolute Gasteiger partial charge is 0.269 e. The van der Waals surface area contributed by atoms with E-state index in [0.29, 0.717) is 39.4 Å². The number of thiocarbonyl (C=S) groups is 1. The fraction of sp³-hybridized carbons (Fsp3) is 0.190. The second kappa shape index (κ2) is 9.37. The zero-order chi connectivity index (χ0) is 22.7. The van der Waals surface area contributed by atoms with Crippen LogP contribution in [0.15, 0.2) is 47.4 Å². The zero-order valence-electron chi connectivity index (χ0n) is 16.6. The lowest BCUT2D eigenvalue weighted by molar-refractivity contribution is -0.384. The van der Waals surface area contributed by atoms with Gasteiger partial charge in [-0.3, -0.25) is 24.6 Å². The van der Waals surface area contributed by atoms with Crippen molar-refractivity contribution < 1.29 is 24.0 Å². The Kier molecular flexibility index (Phi) is 6.37. The summed E-state index contributed by atoms with van der Waals surface area (Å²) in [6, 6.07) is 11.0. The minimum Gasteiger partial charge on any atom is -0.454 e. The number of hydrogen-bond acceptors (Lipinski definition) is 8. The monoisotopic (exact) mass is 471 g/mol. The summed E-state index contributed by atoms with van der Waals surface area (Å²) in [5.41, 5.74) is 1.22. The first-order valence-corrected chi connectivity index (χ1v) is 10.8. The quantitative estimate of drug-likeness (QED) is 0.280. The van der Waals surface area contributed by atoms with Crippen molar-refractivity contribution in [3.05, 3.63) is 63.0 Å². The van der Waals surface area contributed by atoms with Crippen molar-refractivity contribution in [2.75, 3.05) is 18.7 Å². The number of amides is 2. The molecular formula is C21H17N3O6S2. The highest BCUT2D eigenvalue weighted by molar-refractivity contribution is 8.26. The number of non-ortho nitro benzene ring substituents is 1. The molecule has 9 nitrogen and oxygen atoms in total. The van der Waals surface area contributed by atoms with Crippen LogP contribution in [-0.4, -0.2) is 39.3 Å². The van der Waals surface area contributed by atoms with Crippen LogP contribution in [0.25, 0.3) is 6.08 Å². The molecule has 2 aromatic rings. The topological polar surface area (TPSA) is 111 Å². The highest BCUT2D eigenvalue weighted by atomic mass is 32.2. The Bertz CT molecular complexity index is 1130. The van der Waals surface area contributed by atoms with Gasteiger partial charge in [-0.1, -0.05) is 30.0 Å². The maximum absolute atomic E-state index is 12.7. The summed E-state index contributed by atoms with van der Waals surface area (Å²) in [4.78, 5) is 37.1. The number of hydrogen-bond donors (Lipinski definition) is 1. The van der Waals surface area contributed by atoms with Gasteiger partial charge in [0.15, 0.2) is 11.5 Å². The van der Waals surface area contributed by atoms with Gasteiger partial charge in [0.25, 0.3) is 11.6 Å². The highest BCUT2D eigenvalue weighted by Crippen LogP contribution is 2.36. The Balaban J connectivity index is 1.30. The van der Waals surface area contributed by atoms with Gasteiger partial charge in [-0.15, -0.1) is 0 Å². The number of carbonyl (C=O) groups excluding carboxylic acids is 2. The molecule has 0 spiro atoms. The SMILES string of the molecule is O=C(CCCN1C(=O)C(=Cc2ccc3c(c2)OCO3)SC1=S)Nc1ccc([N+](=O)[O-])cc1.